The Morgan fingerprint density at radius 1 is 1.54 bits per heavy atom. The Balaban J connectivity index is 1.94. The lowest BCUT2D eigenvalue weighted by Gasteiger charge is -2.08. The van der Waals surface area contributed by atoms with Gasteiger partial charge in [0, 0.05) is 21.4 Å². The van der Waals surface area contributed by atoms with Crippen molar-refractivity contribution in [1.29, 1.82) is 0 Å². The van der Waals surface area contributed by atoms with Gasteiger partial charge in [0.15, 0.2) is 0 Å². The highest BCUT2D eigenvalue weighted by molar-refractivity contribution is 9.13. The quantitative estimate of drug-likeness (QED) is 0.888. The number of halogens is 2. The first-order valence-electron chi connectivity index (χ1n) is 4.28. The minimum absolute atomic E-state index is 0.433. The molecule has 1 aliphatic carbocycles. The fraction of sp³-hybridized carbons (Fsp3) is 0.556. The summed E-state index contributed by atoms with van der Waals surface area (Å²) >= 11 is 8.77. The molecule has 2 rings (SSSR count). The lowest BCUT2D eigenvalue weighted by Crippen LogP contribution is -2.26. The Labute approximate surface area is 99.2 Å². The van der Waals surface area contributed by atoms with Crippen LogP contribution in [0.15, 0.2) is 14.3 Å². The topological polar surface area (TPSA) is 12.0 Å². The summed E-state index contributed by atoms with van der Waals surface area (Å²) in [5.74, 6) is 0. The van der Waals surface area contributed by atoms with Crippen LogP contribution in [0.5, 0.6) is 0 Å². The predicted octanol–water partition coefficient (Wildman–Crippen LogP) is 3.92. The first-order valence-corrected chi connectivity index (χ1v) is 6.68. The molecule has 13 heavy (non-hydrogen) atoms. The first-order chi connectivity index (χ1) is 6.09. The van der Waals surface area contributed by atoms with Crippen molar-refractivity contribution in [3.63, 3.8) is 0 Å². The van der Waals surface area contributed by atoms with Crippen molar-refractivity contribution >= 4 is 43.2 Å². The number of rotatable bonds is 3. The predicted molar refractivity (Wildman–Crippen MR) is 64.2 cm³/mol. The van der Waals surface area contributed by atoms with Gasteiger partial charge in [0.05, 0.1) is 3.79 Å². The molecular weight excluding hydrogens is 314 g/mol. The van der Waals surface area contributed by atoms with E-state index in [2.05, 4.69) is 50.2 Å². The Bertz CT molecular complexity index is 298. The molecule has 1 aromatic rings. The van der Waals surface area contributed by atoms with Crippen molar-refractivity contribution in [3.8, 4) is 0 Å². The van der Waals surface area contributed by atoms with Crippen molar-refractivity contribution in [1.82, 2.24) is 5.32 Å². The van der Waals surface area contributed by atoms with Crippen molar-refractivity contribution in [3.05, 3.63) is 19.2 Å². The monoisotopic (exact) mass is 323 g/mol. The standard InChI is InChI=1S/C9H11Br2NS/c1-9(2-3-9)12-5-6-4-7(10)8(11)13-6/h4,12H,2-3,5H2,1H3. The maximum Gasteiger partial charge on any atom is 0.0843 e. The summed E-state index contributed by atoms with van der Waals surface area (Å²) in [7, 11) is 0. The zero-order valence-corrected chi connectivity index (χ0v) is 11.4. The van der Waals surface area contributed by atoms with Crippen molar-refractivity contribution in [2.24, 2.45) is 0 Å². The molecule has 0 atom stereocenters. The molecule has 72 valence electrons. The number of hydrogen-bond acceptors (Lipinski definition) is 2. The van der Waals surface area contributed by atoms with E-state index < -0.39 is 0 Å². The average Bonchev–Trinajstić information content (AvgIpc) is 2.72. The van der Waals surface area contributed by atoms with E-state index in [4.69, 9.17) is 0 Å². The van der Waals surface area contributed by atoms with E-state index in [1.54, 1.807) is 11.3 Å². The zero-order valence-electron chi connectivity index (χ0n) is 7.36. The van der Waals surface area contributed by atoms with Gasteiger partial charge in [-0.05, 0) is 57.7 Å². The van der Waals surface area contributed by atoms with E-state index in [0.29, 0.717) is 5.54 Å². The van der Waals surface area contributed by atoms with Crippen LogP contribution in [-0.2, 0) is 6.54 Å². The van der Waals surface area contributed by atoms with Crippen molar-refractivity contribution in [2.45, 2.75) is 31.8 Å². The third-order valence-corrected chi connectivity index (χ3v) is 5.64. The molecule has 0 aliphatic heterocycles. The molecule has 1 aliphatic rings. The molecule has 0 spiro atoms. The molecule has 1 fully saturated rings. The maximum atomic E-state index is 3.56. The molecule has 0 amide bonds. The Morgan fingerprint density at radius 3 is 2.69 bits per heavy atom. The summed E-state index contributed by atoms with van der Waals surface area (Å²) in [6.45, 7) is 3.27. The van der Waals surface area contributed by atoms with Gasteiger partial charge in [-0.15, -0.1) is 11.3 Å². The minimum atomic E-state index is 0.433. The van der Waals surface area contributed by atoms with Crippen molar-refractivity contribution < 1.29 is 0 Å². The van der Waals surface area contributed by atoms with Gasteiger partial charge < -0.3 is 5.32 Å². The van der Waals surface area contributed by atoms with E-state index in [9.17, 15) is 0 Å². The summed E-state index contributed by atoms with van der Waals surface area (Å²) < 4.78 is 2.35. The summed E-state index contributed by atoms with van der Waals surface area (Å²) in [6.07, 6.45) is 2.64. The molecule has 1 N–H and O–H groups in total. The van der Waals surface area contributed by atoms with Gasteiger partial charge in [0.25, 0.3) is 0 Å². The number of thiophene rings is 1. The second-order valence-electron chi connectivity index (χ2n) is 3.75. The van der Waals surface area contributed by atoms with Crippen LogP contribution >= 0.6 is 43.2 Å². The lowest BCUT2D eigenvalue weighted by atomic mass is 10.3. The molecule has 0 unspecified atom stereocenters. The third kappa shape index (κ3) is 2.55. The SMILES string of the molecule is CC1(NCc2cc(Br)c(Br)s2)CC1. The highest BCUT2D eigenvalue weighted by atomic mass is 79.9. The number of hydrogen-bond donors (Lipinski definition) is 1. The summed E-state index contributed by atoms with van der Waals surface area (Å²) in [6, 6.07) is 2.17. The normalized spacial score (nSPS) is 19.0. The van der Waals surface area contributed by atoms with E-state index in [-0.39, 0.29) is 0 Å². The second kappa shape index (κ2) is 3.65. The van der Waals surface area contributed by atoms with Crippen LogP contribution in [0.4, 0.5) is 0 Å². The smallest absolute Gasteiger partial charge is 0.0843 e. The van der Waals surface area contributed by atoms with E-state index in [1.165, 1.54) is 21.5 Å². The Morgan fingerprint density at radius 2 is 2.23 bits per heavy atom. The van der Waals surface area contributed by atoms with Crippen LogP contribution in [0, 0.1) is 0 Å². The molecule has 0 bridgehead atoms. The lowest BCUT2D eigenvalue weighted by molar-refractivity contribution is 0.541. The van der Waals surface area contributed by atoms with E-state index in [1.807, 2.05) is 0 Å². The van der Waals surface area contributed by atoms with Crippen LogP contribution in [-0.4, -0.2) is 5.54 Å². The summed E-state index contributed by atoms with van der Waals surface area (Å²) in [4.78, 5) is 1.38. The molecule has 1 heterocycles. The average molecular weight is 325 g/mol. The van der Waals surface area contributed by atoms with Gasteiger partial charge in [-0.2, -0.15) is 0 Å². The van der Waals surface area contributed by atoms with Gasteiger partial charge in [0.2, 0.25) is 0 Å². The molecule has 1 nitrogen and oxygen atoms in total. The molecule has 0 aromatic carbocycles. The summed E-state index contributed by atoms with van der Waals surface area (Å²) in [5, 5.41) is 3.56. The number of nitrogens with one attached hydrogen (secondary N) is 1. The van der Waals surface area contributed by atoms with Crippen LogP contribution in [0.1, 0.15) is 24.6 Å². The van der Waals surface area contributed by atoms with Gasteiger partial charge in [0.1, 0.15) is 0 Å². The highest BCUT2D eigenvalue weighted by Crippen LogP contribution is 2.36. The second-order valence-corrected chi connectivity index (χ2v) is 7.06. The van der Waals surface area contributed by atoms with Crippen molar-refractivity contribution in [2.75, 3.05) is 0 Å². The van der Waals surface area contributed by atoms with E-state index >= 15 is 0 Å². The Hall–Kier alpha value is 0.620. The minimum Gasteiger partial charge on any atom is -0.307 e. The molecule has 0 saturated heterocycles. The van der Waals surface area contributed by atoms with E-state index in [0.717, 1.165) is 11.0 Å². The largest absolute Gasteiger partial charge is 0.307 e. The van der Waals surface area contributed by atoms with Gasteiger partial charge in [-0.3, -0.25) is 0 Å². The molecule has 1 saturated carbocycles. The summed E-state index contributed by atoms with van der Waals surface area (Å²) in [5.41, 5.74) is 0.433. The maximum absolute atomic E-state index is 3.56. The molecular formula is C9H11Br2NS. The zero-order chi connectivity index (χ0) is 9.47. The van der Waals surface area contributed by atoms with Gasteiger partial charge >= 0.3 is 0 Å². The van der Waals surface area contributed by atoms with Crippen LogP contribution < -0.4 is 5.32 Å². The van der Waals surface area contributed by atoms with Crippen LogP contribution in [0.25, 0.3) is 0 Å². The third-order valence-electron chi connectivity index (χ3n) is 2.39. The Kier molecular flexibility index (Phi) is 2.85. The highest BCUT2D eigenvalue weighted by Gasteiger charge is 2.36. The molecule has 4 heteroatoms. The van der Waals surface area contributed by atoms with Crippen LogP contribution in [0.2, 0.25) is 0 Å². The van der Waals surface area contributed by atoms with Gasteiger partial charge in [-0.1, -0.05) is 0 Å². The fourth-order valence-corrected chi connectivity index (χ4v) is 3.26. The van der Waals surface area contributed by atoms with Crippen LogP contribution in [0.3, 0.4) is 0 Å². The van der Waals surface area contributed by atoms with Gasteiger partial charge in [-0.25, -0.2) is 0 Å². The fourth-order valence-electron chi connectivity index (χ4n) is 1.14. The first kappa shape index (κ1) is 10.1. The molecule has 0 radical (unpaired) electrons. The molecule has 1 aromatic heterocycles.